The summed E-state index contributed by atoms with van der Waals surface area (Å²) >= 11 is 0. The molecule has 1 unspecified atom stereocenters. The molecule has 0 spiro atoms. The Morgan fingerprint density at radius 2 is 2.09 bits per heavy atom. The number of anilines is 1. The van der Waals surface area contributed by atoms with Gasteiger partial charge in [0.1, 0.15) is 11.9 Å². The smallest absolute Gasteiger partial charge is 0.325 e. The zero-order valence-electron chi connectivity index (χ0n) is 20.7. The van der Waals surface area contributed by atoms with Crippen LogP contribution in [0.1, 0.15) is 54.2 Å². The number of carboxylic acid groups (broad SMARTS) is 1. The molecule has 2 aliphatic heterocycles. The molecule has 0 radical (unpaired) electrons. The lowest BCUT2D eigenvalue weighted by molar-refractivity contribution is -0.150. The normalized spacial score (nSPS) is 17.1. The van der Waals surface area contributed by atoms with E-state index in [-0.39, 0.29) is 6.10 Å². The van der Waals surface area contributed by atoms with E-state index in [9.17, 15) is 9.90 Å². The van der Waals surface area contributed by atoms with Crippen molar-refractivity contribution in [3.63, 3.8) is 0 Å². The minimum Gasteiger partial charge on any atom is -0.480 e. The minimum absolute atomic E-state index is 0.0967. The van der Waals surface area contributed by atoms with Crippen molar-refractivity contribution < 1.29 is 14.6 Å². The zero-order valence-corrected chi connectivity index (χ0v) is 20.7. The minimum atomic E-state index is -0.829. The molecule has 2 aliphatic rings. The molecule has 4 heterocycles. The van der Waals surface area contributed by atoms with Gasteiger partial charge in [-0.2, -0.15) is 5.10 Å². The van der Waals surface area contributed by atoms with Crippen LogP contribution in [0.25, 0.3) is 10.9 Å². The first kappa shape index (κ1) is 23.8. The van der Waals surface area contributed by atoms with Gasteiger partial charge in [0.15, 0.2) is 0 Å². The molecule has 8 heteroatoms. The lowest BCUT2D eigenvalue weighted by Crippen LogP contribution is -2.55. The van der Waals surface area contributed by atoms with Crippen LogP contribution in [0, 0.1) is 6.92 Å². The molecule has 8 nitrogen and oxygen atoms in total. The maximum atomic E-state index is 12.2. The van der Waals surface area contributed by atoms with Crippen molar-refractivity contribution >= 4 is 22.7 Å². The number of aryl methyl sites for hydroxylation is 4. The summed E-state index contributed by atoms with van der Waals surface area (Å²) in [6, 6.07) is 9.52. The topological polar surface area (TPSA) is 92.5 Å². The number of aliphatic carboxylic acids is 1. The highest BCUT2D eigenvalue weighted by Crippen LogP contribution is 2.33. The average Bonchev–Trinajstić information content (AvgIpc) is 3.12. The Kier molecular flexibility index (Phi) is 7.02. The number of likely N-dealkylation sites (tertiary alicyclic amines) is 1. The lowest BCUT2D eigenvalue weighted by Gasteiger charge is -2.42. The van der Waals surface area contributed by atoms with E-state index < -0.39 is 12.0 Å². The van der Waals surface area contributed by atoms with Crippen molar-refractivity contribution in [2.45, 2.75) is 57.6 Å². The van der Waals surface area contributed by atoms with Gasteiger partial charge in [-0.25, -0.2) is 4.98 Å². The molecule has 1 atom stereocenters. The first-order valence-electron chi connectivity index (χ1n) is 12.7. The molecule has 1 aromatic carbocycles. The number of rotatable bonds is 10. The highest BCUT2D eigenvalue weighted by Gasteiger charge is 2.38. The second-order valence-corrected chi connectivity index (χ2v) is 9.79. The molecular formula is C27H35N5O3. The predicted molar refractivity (Wildman–Crippen MR) is 136 cm³/mol. The van der Waals surface area contributed by atoms with E-state index in [4.69, 9.17) is 9.72 Å². The fraction of sp³-hybridized carbons (Fsp3) is 0.519. The molecular weight excluding hydrogens is 442 g/mol. The van der Waals surface area contributed by atoms with Crippen molar-refractivity contribution in [1.82, 2.24) is 19.7 Å². The van der Waals surface area contributed by atoms with Gasteiger partial charge in [-0.1, -0.05) is 24.6 Å². The molecule has 1 saturated heterocycles. The number of nitrogens with one attached hydrogen (secondary N) is 1. The van der Waals surface area contributed by atoms with Crippen molar-refractivity contribution in [2.75, 3.05) is 31.6 Å². The SMILES string of the molecule is Cc1nn(C)c2cccc(C(C(=O)O)N3CC(OCCCCCc4ccc5c(n4)NCCC5)C3)c12. The molecule has 0 bridgehead atoms. The highest BCUT2D eigenvalue weighted by molar-refractivity contribution is 5.90. The number of pyridine rings is 1. The molecule has 5 rings (SSSR count). The number of ether oxygens (including phenoxy) is 1. The van der Waals surface area contributed by atoms with Crippen molar-refractivity contribution in [3.8, 4) is 0 Å². The van der Waals surface area contributed by atoms with Gasteiger partial charge < -0.3 is 15.2 Å². The summed E-state index contributed by atoms with van der Waals surface area (Å²) in [6.07, 6.45) is 6.60. The summed E-state index contributed by atoms with van der Waals surface area (Å²) in [4.78, 5) is 19.0. The van der Waals surface area contributed by atoms with E-state index in [1.807, 2.05) is 41.8 Å². The number of hydrogen-bond acceptors (Lipinski definition) is 6. The van der Waals surface area contributed by atoms with Gasteiger partial charge in [0.05, 0.1) is 17.3 Å². The largest absolute Gasteiger partial charge is 0.480 e. The number of fused-ring (bicyclic) bond motifs is 2. The van der Waals surface area contributed by atoms with Crippen molar-refractivity contribution in [3.05, 3.63) is 52.8 Å². The Balaban J connectivity index is 1.06. The van der Waals surface area contributed by atoms with E-state index in [1.165, 1.54) is 12.0 Å². The van der Waals surface area contributed by atoms with Gasteiger partial charge in [-0.15, -0.1) is 0 Å². The van der Waals surface area contributed by atoms with Crippen LogP contribution in [-0.2, 0) is 29.4 Å². The van der Waals surface area contributed by atoms with E-state index in [1.54, 1.807) is 0 Å². The predicted octanol–water partition coefficient (Wildman–Crippen LogP) is 3.87. The Hall–Kier alpha value is -2.97. The summed E-state index contributed by atoms with van der Waals surface area (Å²) in [5, 5.41) is 18.9. The standard InChI is InChI=1S/C27H35N5O3/c1-18-24-22(10-6-11-23(24)31(2)30-18)25(27(33)34)32-16-21(17-32)35-15-5-3-4-9-20-13-12-19-8-7-14-28-26(19)29-20/h6,10-13,21,25H,3-5,7-9,14-17H2,1-2H3,(H,28,29)(H,33,34). The highest BCUT2D eigenvalue weighted by atomic mass is 16.5. The third kappa shape index (κ3) is 5.04. The average molecular weight is 478 g/mol. The van der Waals surface area contributed by atoms with Gasteiger partial charge in [0.2, 0.25) is 0 Å². The maximum Gasteiger partial charge on any atom is 0.325 e. The van der Waals surface area contributed by atoms with Crippen LogP contribution < -0.4 is 5.32 Å². The van der Waals surface area contributed by atoms with Crippen LogP contribution >= 0.6 is 0 Å². The number of unbranched alkanes of at least 4 members (excludes halogenated alkanes) is 2. The fourth-order valence-corrected chi connectivity index (χ4v) is 5.39. The number of aromatic nitrogens is 3. The zero-order chi connectivity index (χ0) is 24.4. The van der Waals surface area contributed by atoms with Crippen LogP contribution in [0.3, 0.4) is 0 Å². The second kappa shape index (κ2) is 10.3. The summed E-state index contributed by atoms with van der Waals surface area (Å²) in [6.45, 7) is 4.95. The molecule has 2 N–H and O–H groups in total. The van der Waals surface area contributed by atoms with E-state index in [2.05, 4.69) is 22.5 Å². The molecule has 1 fully saturated rings. The molecule has 0 aliphatic carbocycles. The fourth-order valence-electron chi connectivity index (χ4n) is 5.39. The van der Waals surface area contributed by atoms with Gasteiger partial charge in [-0.05, 0) is 62.3 Å². The van der Waals surface area contributed by atoms with Crippen molar-refractivity contribution in [1.29, 1.82) is 0 Å². The van der Waals surface area contributed by atoms with Gasteiger partial charge in [0, 0.05) is 44.4 Å². The third-order valence-electron chi connectivity index (χ3n) is 7.24. The number of hydrogen-bond donors (Lipinski definition) is 2. The van der Waals surface area contributed by atoms with Crippen LogP contribution in [0.15, 0.2) is 30.3 Å². The Bertz CT molecular complexity index is 1200. The summed E-state index contributed by atoms with van der Waals surface area (Å²) in [5.41, 5.74) is 5.12. The molecule has 186 valence electrons. The van der Waals surface area contributed by atoms with Crippen LogP contribution in [0.5, 0.6) is 0 Å². The Labute approximate surface area is 206 Å². The quantitative estimate of drug-likeness (QED) is 0.428. The molecule has 0 saturated carbocycles. The maximum absolute atomic E-state index is 12.2. The first-order chi connectivity index (χ1) is 17.0. The first-order valence-corrected chi connectivity index (χ1v) is 12.7. The third-order valence-corrected chi connectivity index (χ3v) is 7.24. The van der Waals surface area contributed by atoms with E-state index in [0.717, 1.165) is 72.3 Å². The van der Waals surface area contributed by atoms with Crippen molar-refractivity contribution in [2.24, 2.45) is 7.05 Å². The van der Waals surface area contributed by atoms with Gasteiger partial charge in [-0.3, -0.25) is 14.4 Å². The summed E-state index contributed by atoms with van der Waals surface area (Å²) < 4.78 is 7.85. The van der Waals surface area contributed by atoms with Crippen LogP contribution in [0.2, 0.25) is 0 Å². The lowest BCUT2D eigenvalue weighted by atomic mass is 9.96. The van der Waals surface area contributed by atoms with E-state index in [0.29, 0.717) is 19.7 Å². The number of benzene rings is 1. The number of nitrogens with zero attached hydrogens (tertiary/aromatic N) is 4. The Morgan fingerprint density at radius 1 is 1.23 bits per heavy atom. The number of carboxylic acids is 1. The monoisotopic (exact) mass is 477 g/mol. The number of carbonyl (C=O) groups is 1. The molecule has 0 amide bonds. The second-order valence-electron chi connectivity index (χ2n) is 9.79. The summed E-state index contributed by atoms with van der Waals surface area (Å²) in [7, 11) is 1.89. The van der Waals surface area contributed by atoms with E-state index >= 15 is 0 Å². The molecule has 3 aromatic rings. The van der Waals surface area contributed by atoms with Gasteiger partial charge >= 0.3 is 5.97 Å². The molecule has 2 aromatic heterocycles. The Morgan fingerprint density at radius 3 is 2.91 bits per heavy atom. The van der Waals surface area contributed by atoms with Gasteiger partial charge in [0.25, 0.3) is 0 Å². The van der Waals surface area contributed by atoms with Crippen LogP contribution in [-0.4, -0.2) is 63.1 Å². The van der Waals surface area contributed by atoms with Crippen LogP contribution in [0.4, 0.5) is 5.82 Å². The molecule has 35 heavy (non-hydrogen) atoms. The summed E-state index contributed by atoms with van der Waals surface area (Å²) in [5.74, 6) is 0.242.